The van der Waals surface area contributed by atoms with Crippen LogP contribution in [0, 0.1) is 5.41 Å². The number of carbonyl (C=O) groups is 1. The molecule has 0 aliphatic heterocycles. The van der Waals surface area contributed by atoms with Crippen LogP contribution in [0.2, 0.25) is 0 Å². The van der Waals surface area contributed by atoms with Crippen LogP contribution in [-0.4, -0.2) is 13.1 Å². The van der Waals surface area contributed by atoms with E-state index in [9.17, 15) is 18.0 Å². The highest BCUT2D eigenvalue weighted by Crippen LogP contribution is 2.39. The van der Waals surface area contributed by atoms with E-state index in [0.717, 1.165) is 12.1 Å². The number of methoxy groups -OCH3 is 1. The van der Waals surface area contributed by atoms with Gasteiger partial charge in [-0.25, -0.2) is 0 Å². The summed E-state index contributed by atoms with van der Waals surface area (Å²) in [6.45, 7) is 3.05. The summed E-state index contributed by atoms with van der Waals surface area (Å²) in [5.74, 6) is -0.589. The molecule has 0 amide bonds. The highest BCUT2D eigenvalue weighted by Gasteiger charge is 2.39. The van der Waals surface area contributed by atoms with E-state index in [0.29, 0.717) is 4.47 Å². The van der Waals surface area contributed by atoms with Gasteiger partial charge in [0.1, 0.15) is 0 Å². The molecule has 0 saturated carbocycles. The lowest BCUT2D eigenvalue weighted by atomic mass is 9.80. The van der Waals surface area contributed by atoms with E-state index in [1.54, 1.807) is 0 Å². The van der Waals surface area contributed by atoms with Crippen molar-refractivity contribution in [2.24, 2.45) is 11.1 Å². The van der Waals surface area contributed by atoms with Gasteiger partial charge in [0, 0.05) is 10.5 Å². The monoisotopic (exact) mass is 389 g/mol. The van der Waals surface area contributed by atoms with Crippen LogP contribution in [-0.2, 0) is 15.7 Å². The summed E-state index contributed by atoms with van der Waals surface area (Å²) in [4.78, 5) is 11.7. The molecule has 0 aromatic heterocycles. The lowest BCUT2D eigenvalue weighted by molar-refractivity contribution is -0.152. The zero-order chi connectivity index (χ0) is 15.7. The first-order chi connectivity index (χ1) is 9.01. The number of hydrogen-bond donors (Lipinski definition) is 1. The third-order valence-electron chi connectivity index (χ3n) is 3.15. The molecule has 1 atom stereocenters. The van der Waals surface area contributed by atoms with Gasteiger partial charge >= 0.3 is 12.1 Å². The summed E-state index contributed by atoms with van der Waals surface area (Å²) in [5.41, 5.74) is 4.20. The maximum absolute atomic E-state index is 12.7. The minimum atomic E-state index is -4.47. The van der Waals surface area contributed by atoms with Gasteiger partial charge in [-0.2, -0.15) is 13.2 Å². The van der Waals surface area contributed by atoms with Gasteiger partial charge in [-0.15, -0.1) is 12.4 Å². The van der Waals surface area contributed by atoms with Crippen molar-refractivity contribution < 1.29 is 22.7 Å². The Morgan fingerprint density at radius 3 is 2.29 bits per heavy atom. The van der Waals surface area contributed by atoms with Gasteiger partial charge in [0.15, 0.2) is 0 Å². The molecule has 1 aromatic carbocycles. The van der Waals surface area contributed by atoms with Crippen LogP contribution in [0.1, 0.15) is 31.0 Å². The predicted octanol–water partition coefficient (Wildman–Crippen LogP) is 4.09. The molecular weight excluding hydrogens is 374 g/mol. The van der Waals surface area contributed by atoms with Crippen LogP contribution in [0.3, 0.4) is 0 Å². The zero-order valence-corrected chi connectivity index (χ0v) is 14.0. The first-order valence-electron chi connectivity index (χ1n) is 5.72. The summed E-state index contributed by atoms with van der Waals surface area (Å²) in [5, 5.41) is 0. The van der Waals surface area contributed by atoms with Gasteiger partial charge in [0.2, 0.25) is 0 Å². The third kappa shape index (κ3) is 4.34. The first-order valence-corrected chi connectivity index (χ1v) is 6.51. The molecule has 0 aliphatic carbocycles. The molecule has 0 bridgehead atoms. The average Bonchev–Trinajstić information content (AvgIpc) is 2.35. The van der Waals surface area contributed by atoms with E-state index in [2.05, 4.69) is 20.7 Å². The van der Waals surface area contributed by atoms with Crippen molar-refractivity contribution in [3.63, 3.8) is 0 Å². The Morgan fingerprint density at radius 2 is 1.86 bits per heavy atom. The van der Waals surface area contributed by atoms with Crippen molar-refractivity contribution in [1.82, 2.24) is 0 Å². The maximum Gasteiger partial charge on any atom is 0.416 e. The zero-order valence-electron chi connectivity index (χ0n) is 11.6. The summed E-state index contributed by atoms with van der Waals surface area (Å²) in [6.07, 6.45) is -4.47. The Kier molecular flexibility index (Phi) is 6.72. The Hall–Kier alpha value is -0.790. The number of hydrogen-bond acceptors (Lipinski definition) is 3. The normalized spacial score (nSPS) is 13.3. The molecule has 0 radical (unpaired) electrons. The fourth-order valence-corrected chi connectivity index (χ4v) is 2.23. The number of rotatable bonds is 3. The quantitative estimate of drug-likeness (QED) is 0.791. The molecule has 3 nitrogen and oxygen atoms in total. The second kappa shape index (κ2) is 6.98. The second-order valence-corrected chi connectivity index (χ2v) is 5.78. The molecule has 1 rings (SSSR count). The lowest BCUT2D eigenvalue weighted by Gasteiger charge is -2.30. The summed E-state index contributed by atoms with van der Waals surface area (Å²) in [6, 6.07) is 2.22. The fraction of sp³-hybridized carbons (Fsp3) is 0.462. The lowest BCUT2D eigenvalue weighted by Crippen LogP contribution is -2.37. The molecule has 21 heavy (non-hydrogen) atoms. The van der Waals surface area contributed by atoms with Gasteiger partial charge in [0.25, 0.3) is 0 Å². The second-order valence-electron chi connectivity index (χ2n) is 4.92. The van der Waals surface area contributed by atoms with Crippen molar-refractivity contribution >= 4 is 34.3 Å². The molecular formula is C13H16BrClF3NO2. The van der Waals surface area contributed by atoms with Crippen LogP contribution in [0.25, 0.3) is 0 Å². The first kappa shape index (κ1) is 20.2. The van der Waals surface area contributed by atoms with E-state index >= 15 is 0 Å². The molecule has 0 fully saturated rings. The number of benzene rings is 1. The number of nitrogens with two attached hydrogens (primary N) is 1. The third-order valence-corrected chi connectivity index (χ3v) is 3.87. The Bertz CT molecular complexity index is 521. The molecule has 8 heteroatoms. The summed E-state index contributed by atoms with van der Waals surface area (Å²) < 4.78 is 43.3. The molecule has 0 saturated heterocycles. The topological polar surface area (TPSA) is 52.3 Å². The molecule has 0 aliphatic rings. The van der Waals surface area contributed by atoms with Crippen molar-refractivity contribution in [3.05, 3.63) is 33.8 Å². The predicted molar refractivity (Wildman–Crippen MR) is 79.1 cm³/mol. The molecule has 1 aromatic rings. The Morgan fingerprint density at radius 1 is 1.33 bits per heavy atom. The minimum absolute atomic E-state index is 0. The van der Waals surface area contributed by atoms with Gasteiger partial charge in [0.05, 0.1) is 18.1 Å². The van der Waals surface area contributed by atoms with E-state index in [4.69, 9.17) is 5.73 Å². The van der Waals surface area contributed by atoms with Gasteiger partial charge in [-0.3, -0.25) is 4.79 Å². The van der Waals surface area contributed by atoms with Crippen molar-refractivity contribution in [2.45, 2.75) is 26.1 Å². The number of alkyl halides is 3. The van der Waals surface area contributed by atoms with E-state index in [1.807, 2.05) is 0 Å². The Balaban J connectivity index is 0.00000400. The molecule has 0 heterocycles. The van der Waals surface area contributed by atoms with Gasteiger partial charge in [-0.1, -0.05) is 15.9 Å². The van der Waals surface area contributed by atoms with Crippen LogP contribution in [0.4, 0.5) is 13.2 Å². The van der Waals surface area contributed by atoms with Crippen LogP contribution in [0.15, 0.2) is 22.7 Å². The molecule has 0 spiro atoms. The molecule has 0 unspecified atom stereocenters. The SMILES string of the molecule is COC(=O)C(C)(C)[C@@H](N)c1cc(C(F)(F)F)ccc1Br.Cl. The van der Waals surface area contributed by atoms with Gasteiger partial charge < -0.3 is 10.5 Å². The van der Waals surface area contributed by atoms with Crippen LogP contribution in [0.5, 0.6) is 0 Å². The van der Waals surface area contributed by atoms with Crippen molar-refractivity contribution in [2.75, 3.05) is 7.11 Å². The van der Waals surface area contributed by atoms with Crippen molar-refractivity contribution in [3.8, 4) is 0 Å². The molecule has 120 valence electrons. The molecule has 2 N–H and O–H groups in total. The number of halogens is 5. The van der Waals surface area contributed by atoms with Crippen LogP contribution < -0.4 is 5.73 Å². The van der Waals surface area contributed by atoms with Gasteiger partial charge in [-0.05, 0) is 37.6 Å². The number of ether oxygens (including phenoxy) is 1. The largest absolute Gasteiger partial charge is 0.469 e. The fourth-order valence-electron chi connectivity index (χ4n) is 1.74. The highest BCUT2D eigenvalue weighted by atomic mass is 79.9. The highest BCUT2D eigenvalue weighted by molar-refractivity contribution is 9.10. The standard InChI is InChI=1S/C13H15BrF3NO2.ClH/c1-12(2,11(19)20-3)10(18)8-6-7(13(15,16)17)4-5-9(8)14;/h4-6,10H,18H2,1-3H3;1H/t10-;/m0./s1. The number of esters is 1. The van der Waals surface area contributed by atoms with E-state index < -0.39 is 29.2 Å². The minimum Gasteiger partial charge on any atom is -0.469 e. The average molecular weight is 391 g/mol. The smallest absolute Gasteiger partial charge is 0.416 e. The van der Waals surface area contributed by atoms with E-state index in [-0.39, 0.29) is 18.0 Å². The van der Waals surface area contributed by atoms with Crippen molar-refractivity contribution in [1.29, 1.82) is 0 Å². The summed E-state index contributed by atoms with van der Waals surface area (Å²) >= 11 is 3.16. The van der Waals surface area contributed by atoms with E-state index in [1.165, 1.54) is 27.0 Å². The number of carbonyl (C=O) groups excluding carboxylic acids is 1. The summed E-state index contributed by atoms with van der Waals surface area (Å²) in [7, 11) is 1.21. The Labute approximate surface area is 135 Å². The van der Waals surface area contributed by atoms with Crippen LogP contribution >= 0.6 is 28.3 Å². The maximum atomic E-state index is 12.7.